The molecule has 4 aliphatic rings. The van der Waals surface area contributed by atoms with Crippen molar-refractivity contribution in [2.24, 2.45) is 11.8 Å². The van der Waals surface area contributed by atoms with Crippen molar-refractivity contribution in [2.45, 2.75) is 56.3 Å². The Morgan fingerprint density at radius 3 is 2.68 bits per heavy atom. The number of carbonyl (C=O) groups is 2. The Kier molecular flexibility index (Phi) is 5.94. The Labute approximate surface area is 188 Å². The smallest absolute Gasteiger partial charge is 0.331 e. The fraction of sp³-hybridized carbons (Fsp3) is 0.652. The van der Waals surface area contributed by atoms with Crippen molar-refractivity contribution in [3.63, 3.8) is 0 Å². The summed E-state index contributed by atoms with van der Waals surface area (Å²) in [5, 5.41) is 7.55. The number of fused-ring (bicyclic) bond motifs is 3. The minimum absolute atomic E-state index is 0.0808. The fourth-order valence-corrected chi connectivity index (χ4v) is 6.46. The third-order valence-corrected chi connectivity index (χ3v) is 7.89. The van der Waals surface area contributed by atoms with Gasteiger partial charge in [0.25, 0.3) is 0 Å². The van der Waals surface area contributed by atoms with Crippen molar-refractivity contribution >= 4 is 29.2 Å². The standard InChI is InChI=1S/C23H31ClN4O3/c1-31-19-7-3-6-17-20(19)26-13-18-21(17)27(15-8-10-25-11-9-15)23(30)28(22(18)29)16-5-2-4-14(24)12-16/h2,4-5,12,15,17-21,25-26H,3,6-11,13H2,1H3. The van der Waals surface area contributed by atoms with Crippen LogP contribution in [0.25, 0.3) is 0 Å². The average molecular weight is 447 g/mol. The van der Waals surface area contributed by atoms with Gasteiger partial charge in [-0.25, -0.2) is 9.69 Å². The number of piperidine rings is 2. The molecule has 3 aliphatic heterocycles. The molecule has 5 unspecified atom stereocenters. The third kappa shape index (κ3) is 3.65. The van der Waals surface area contributed by atoms with Gasteiger partial charge in [-0.1, -0.05) is 24.1 Å². The van der Waals surface area contributed by atoms with E-state index in [1.807, 2.05) is 0 Å². The van der Waals surface area contributed by atoms with Crippen molar-refractivity contribution < 1.29 is 14.3 Å². The molecule has 5 atom stereocenters. The van der Waals surface area contributed by atoms with E-state index in [-0.39, 0.29) is 48.0 Å². The number of halogens is 1. The van der Waals surface area contributed by atoms with Crippen LogP contribution < -0.4 is 15.5 Å². The van der Waals surface area contributed by atoms with Crippen LogP contribution in [0.3, 0.4) is 0 Å². The molecule has 7 nitrogen and oxygen atoms in total. The summed E-state index contributed by atoms with van der Waals surface area (Å²) in [7, 11) is 1.77. The number of carbonyl (C=O) groups excluding carboxylic acids is 2. The van der Waals surface area contributed by atoms with E-state index in [2.05, 4.69) is 15.5 Å². The molecule has 1 aliphatic carbocycles. The highest BCUT2D eigenvalue weighted by Crippen LogP contribution is 2.43. The number of benzene rings is 1. The van der Waals surface area contributed by atoms with Gasteiger partial charge in [-0.15, -0.1) is 0 Å². The maximum absolute atomic E-state index is 13.9. The molecule has 3 amide bonds. The van der Waals surface area contributed by atoms with Gasteiger partial charge in [0.15, 0.2) is 0 Å². The van der Waals surface area contributed by atoms with Crippen molar-refractivity contribution in [3.8, 4) is 0 Å². The molecule has 0 spiro atoms. The van der Waals surface area contributed by atoms with Gasteiger partial charge in [-0.05, 0) is 62.9 Å². The summed E-state index contributed by atoms with van der Waals surface area (Å²) in [6.07, 6.45) is 5.04. The number of anilines is 1. The SMILES string of the molecule is COC1CCCC2C1NCC1C(=O)N(c3cccc(Cl)c3)C(=O)N(C3CCNCC3)C12. The fourth-order valence-electron chi connectivity index (χ4n) is 6.28. The van der Waals surface area contributed by atoms with Gasteiger partial charge < -0.3 is 20.3 Å². The van der Waals surface area contributed by atoms with Gasteiger partial charge in [-0.3, -0.25) is 4.79 Å². The molecular weight excluding hydrogens is 416 g/mol. The molecule has 8 heteroatoms. The first-order valence-electron chi connectivity index (χ1n) is 11.5. The average Bonchev–Trinajstić information content (AvgIpc) is 2.79. The molecule has 0 aromatic heterocycles. The molecule has 3 heterocycles. The zero-order valence-corrected chi connectivity index (χ0v) is 18.7. The van der Waals surface area contributed by atoms with E-state index in [0.29, 0.717) is 17.3 Å². The summed E-state index contributed by atoms with van der Waals surface area (Å²) < 4.78 is 5.79. The molecule has 1 aromatic rings. The number of ether oxygens (including phenoxy) is 1. The molecule has 1 saturated carbocycles. The maximum Gasteiger partial charge on any atom is 0.331 e. The Balaban J connectivity index is 1.55. The highest BCUT2D eigenvalue weighted by molar-refractivity contribution is 6.31. The summed E-state index contributed by atoms with van der Waals surface area (Å²) in [5.41, 5.74) is 0.556. The second-order valence-corrected chi connectivity index (χ2v) is 9.66. The molecule has 4 fully saturated rings. The second-order valence-electron chi connectivity index (χ2n) is 9.22. The normalized spacial score (nSPS) is 34.5. The number of amides is 3. The number of urea groups is 1. The molecule has 3 saturated heterocycles. The zero-order valence-electron chi connectivity index (χ0n) is 17.9. The second kappa shape index (κ2) is 8.70. The van der Waals surface area contributed by atoms with Gasteiger partial charge in [0.05, 0.1) is 23.8 Å². The quantitative estimate of drug-likeness (QED) is 0.746. The highest BCUT2D eigenvalue weighted by atomic mass is 35.5. The third-order valence-electron chi connectivity index (χ3n) is 7.65. The van der Waals surface area contributed by atoms with Crippen LogP contribution in [0.1, 0.15) is 32.1 Å². The van der Waals surface area contributed by atoms with Gasteiger partial charge in [0.2, 0.25) is 5.91 Å². The first-order chi connectivity index (χ1) is 15.1. The number of methoxy groups -OCH3 is 1. The zero-order chi connectivity index (χ0) is 21.5. The van der Waals surface area contributed by atoms with Crippen LogP contribution in [-0.2, 0) is 9.53 Å². The van der Waals surface area contributed by atoms with Gasteiger partial charge in [0, 0.05) is 30.8 Å². The van der Waals surface area contributed by atoms with E-state index in [0.717, 1.165) is 45.2 Å². The van der Waals surface area contributed by atoms with E-state index >= 15 is 0 Å². The maximum atomic E-state index is 13.9. The molecular formula is C23H31ClN4O3. The molecule has 1 aromatic carbocycles. The minimum Gasteiger partial charge on any atom is -0.380 e. The number of hydrogen-bond acceptors (Lipinski definition) is 5. The van der Waals surface area contributed by atoms with Crippen molar-refractivity contribution in [1.29, 1.82) is 0 Å². The molecule has 168 valence electrons. The summed E-state index contributed by atoms with van der Waals surface area (Å²) in [6.45, 7) is 2.35. The summed E-state index contributed by atoms with van der Waals surface area (Å²) in [5.74, 6) is -0.155. The number of hydrogen-bond donors (Lipinski definition) is 2. The van der Waals surface area contributed by atoms with Crippen molar-refractivity contribution in [2.75, 3.05) is 31.6 Å². The summed E-state index contributed by atoms with van der Waals surface area (Å²) >= 11 is 6.21. The van der Waals surface area contributed by atoms with Crippen LogP contribution in [0.15, 0.2) is 24.3 Å². The first kappa shape index (κ1) is 21.2. The minimum atomic E-state index is -0.261. The lowest BCUT2D eigenvalue weighted by atomic mass is 9.69. The molecule has 31 heavy (non-hydrogen) atoms. The Morgan fingerprint density at radius 1 is 1.13 bits per heavy atom. The van der Waals surface area contributed by atoms with E-state index in [1.54, 1.807) is 31.4 Å². The highest BCUT2D eigenvalue weighted by Gasteiger charge is 2.56. The van der Waals surface area contributed by atoms with Crippen molar-refractivity contribution in [1.82, 2.24) is 15.5 Å². The lowest BCUT2D eigenvalue weighted by molar-refractivity contribution is -0.132. The van der Waals surface area contributed by atoms with Crippen LogP contribution >= 0.6 is 11.6 Å². The Bertz CT molecular complexity index is 846. The van der Waals surface area contributed by atoms with Crippen LogP contribution in [-0.4, -0.2) is 67.8 Å². The molecule has 0 radical (unpaired) electrons. The van der Waals surface area contributed by atoms with E-state index in [1.165, 1.54) is 4.90 Å². The number of rotatable bonds is 3. The van der Waals surface area contributed by atoms with E-state index in [4.69, 9.17) is 16.3 Å². The number of imide groups is 1. The van der Waals surface area contributed by atoms with E-state index < -0.39 is 0 Å². The van der Waals surface area contributed by atoms with E-state index in [9.17, 15) is 9.59 Å². The van der Waals surface area contributed by atoms with Gasteiger partial charge in [-0.2, -0.15) is 0 Å². The Hall–Kier alpha value is -1.67. The van der Waals surface area contributed by atoms with Crippen molar-refractivity contribution in [3.05, 3.63) is 29.3 Å². The van der Waals surface area contributed by atoms with Gasteiger partial charge in [0.1, 0.15) is 0 Å². The summed E-state index contributed by atoms with van der Waals surface area (Å²) in [4.78, 5) is 31.1. The summed E-state index contributed by atoms with van der Waals surface area (Å²) in [6, 6.07) is 7.10. The molecule has 0 bridgehead atoms. The lowest BCUT2D eigenvalue weighted by Crippen LogP contribution is -2.74. The van der Waals surface area contributed by atoms with Crippen LogP contribution in [0.5, 0.6) is 0 Å². The Morgan fingerprint density at radius 2 is 1.94 bits per heavy atom. The monoisotopic (exact) mass is 446 g/mol. The number of nitrogens with zero attached hydrogens (tertiary/aromatic N) is 2. The largest absolute Gasteiger partial charge is 0.380 e. The van der Waals surface area contributed by atoms with Crippen LogP contribution in [0.2, 0.25) is 5.02 Å². The predicted octanol–water partition coefficient (Wildman–Crippen LogP) is 2.63. The molecule has 5 rings (SSSR count). The van der Waals surface area contributed by atoms with Crippen LogP contribution in [0.4, 0.5) is 10.5 Å². The number of nitrogens with one attached hydrogen (secondary N) is 2. The molecule has 2 N–H and O–H groups in total. The first-order valence-corrected chi connectivity index (χ1v) is 11.9. The predicted molar refractivity (Wildman–Crippen MR) is 119 cm³/mol. The van der Waals surface area contributed by atoms with Crippen LogP contribution in [0, 0.1) is 11.8 Å². The van der Waals surface area contributed by atoms with Gasteiger partial charge >= 0.3 is 6.03 Å². The topological polar surface area (TPSA) is 73.9 Å². The lowest BCUT2D eigenvalue weighted by Gasteiger charge is -2.57.